The van der Waals surface area contributed by atoms with Crippen molar-refractivity contribution in [1.29, 1.82) is 0 Å². The van der Waals surface area contributed by atoms with Gasteiger partial charge in [-0.1, -0.05) is 42.4 Å². The van der Waals surface area contributed by atoms with E-state index in [1.165, 1.54) is 6.08 Å². The fourth-order valence-corrected chi connectivity index (χ4v) is 0.703. The molecule has 0 heterocycles. The van der Waals surface area contributed by atoms with Gasteiger partial charge in [0.25, 0.3) is 0 Å². The van der Waals surface area contributed by atoms with Crippen molar-refractivity contribution in [3.05, 3.63) is 39.9 Å². The molecule has 3 heteroatoms. The highest BCUT2D eigenvalue weighted by molar-refractivity contribution is 7.84. The standard InChI is InChI=1S/C7H6Cl2S/c1-3-5(8)7(9)6(10)4-2/h4,10H,1-2H2/b7-6+. The van der Waals surface area contributed by atoms with E-state index in [1.54, 1.807) is 0 Å². The van der Waals surface area contributed by atoms with Gasteiger partial charge in [0.1, 0.15) is 5.03 Å². The van der Waals surface area contributed by atoms with Gasteiger partial charge in [-0.25, -0.2) is 0 Å². The first-order valence-electron chi connectivity index (χ1n) is 2.40. The van der Waals surface area contributed by atoms with Gasteiger partial charge in [-0.15, -0.1) is 18.4 Å². The molecular weight excluding hydrogens is 187 g/mol. The molecule has 0 rings (SSSR count). The minimum atomic E-state index is 0.256. The Bertz CT molecular complexity index is 222. The largest absolute Gasteiger partial charge is 0.142 e. The van der Waals surface area contributed by atoms with Crippen molar-refractivity contribution in [1.82, 2.24) is 0 Å². The highest BCUT2D eigenvalue weighted by atomic mass is 35.5. The van der Waals surface area contributed by atoms with Crippen LogP contribution in [-0.4, -0.2) is 0 Å². The molecule has 0 radical (unpaired) electrons. The smallest absolute Gasteiger partial charge is 0.102 e. The molecule has 0 aliphatic rings. The lowest BCUT2D eigenvalue weighted by molar-refractivity contribution is 1.79. The molecule has 0 atom stereocenters. The summed E-state index contributed by atoms with van der Waals surface area (Å²) >= 11 is 15.2. The van der Waals surface area contributed by atoms with Crippen molar-refractivity contribution in [2.75, 3.05) is 0 Å². The Morgan fingerprint density at radius 2 is 2.00 bits per heavy atom. The first-order valence-corrected chi connectivity index (χ1v) is 3.61. The maximum Gasteiger partial charge on any atom is 0.102 e. The molecule has 0 saturated carbocycles. The van der Waals surface area contributed by atoms with Crippen molar-refractivity contribution >= 4 is 35.8 Å². The average Bonchev–Trinajstić information content (AvgIpc) is 2.00. The average molecular weight is 193 g/mol. The van der Waals surface area contributed by atoms with Crippen molar-refractivity contribution in [2.24, 2.45) is 0 Å². The second-order valence-corrected chi connectivity index (χ2v) is 2.63. The van der Waals surface area contributed by atoms with Gasteiger partial charge in [0, 0.05) is 4.91 Å². The zero-order valence-corrected chi connectivity index (χ0v) is 7.60. The molecule has 0 bridgehead atoms. The van der Waals surface area contributed by atoms with E-state index in [4.69, 9.17) is 23.2 Å². The van der Waals surface area contributed by atoms with E-state index in [2.05, 4.69) is 31.5 Å². The lowest BCUT2D eigenvalue weighted by Gasteiger charge is -1.94. The number of hydrogen-bond acceptors (Lipinski definition) is 1. The predicted molar refractivity (Wildman–Crippen MR) is 50.6 cm³/mol. The van der Waals surface area contributed by atoms with Gasteiger partial charge in [0.2, 0.25) is 0 Å². The third-order valence-corrected chi connectivity index (χ3v) is 2.12. The first kappa shape index (κ1) is 9.93. The molecule has 0 aromatic carbocycles. The van der Waals surface area contributed by atoms with Gasteiger partial charge in [-0.05, 0) is 0 Å². The lowest BCUT2D eigenvalue weighted by atomic mass is 10.4. The normalized spacial score (nSPS) is 11.5. The summed E-state index contributed by atoms with van der Waals surface area (Å²) in [6.07, 6.45) is 1.49. The van der Waals surface area contributed by atoms with E-state index >= 15 is 0 Å². The van der Waals surface area contributed by atoms with Crippen LogP contribution in [0.15, 0.2) is 39.9 Å². The zero-order valence-electron chi connectivity index (χ0n) is 5.19. The van der Waals surface area contributed by atoms with Crippen LogP contribution >= 0.6 is 35.8 Å². The van der Waals surface area contributed by atoms with E-state index in [9.17, 15) is 0 Å². The number of hydrogen-bond donors (Lipinski definition) is 1. The van der Waals surface area contributed by atoms with Crippen molar-refractivity contribution in [3.8, 4) is 0 Å². The summed E-state index contributed by atoms with van der Waals surface area (Å²) in [6, 6.07) is 0. The van der Waals surface area contributed by atoms with Gasteiger partial charge in [-0.3, -0.25) is 0 Å². The fraction of sp³-hybridized carbons (Fsp3) is 0. The van der Waals surface area contributed by atoms with E-state index in [0.717, 1.165) is 0 Å². The van der Waals surface area contributed by atoms with Gasteiger partial charge in [-0.2, -0.15) is 0 Å². The molecule has 0 aromatic rings. The Balaban J connectivity index is 4.80. The molecular formula is C7H6Cl2S. The third-order valence-electron chi connectivity index (χ3n) is 0.766. The van der Waals surface area contributed by atoms with E-state index < -0.39 is 0 Å². The summed E-state index contributed by atoms with van der Waals surface area (Å²) in [7, 11) is 0. The fourth-order valence-electron chi connectivity index (χ4n) is 0.280. The van der Waals surface area contributed by atoms with Crippen LogP contribution in [0.1, 0.15) is 0 Å². The summed E-state index contributed by atoms with van der Waals surface area (Å²) in [5.41, 5.74) is 2.43. The van der Waals surface area contributed by atoms with Crippen molar-refractivity contribution < 1.29 is 0 Å². The Morgan fingerprint density at radius 3 is 2.30 bits per heavy atom. The Morgan fingerprint density at radius 1 is 1.50 bits per heavy atom. The van der Waals surface area contributed by atoms with Crippen molar-refractivity contribution in [2.45, 2.75) is 0 Å². The molecule has 10 heavy (non-hydrogen) atoms. The van der Waals surface area contributed by atoms with Crippen LogP contribution in [0.25, 0.3) is 0 Å². The SMILES string of the molecule is C=C=C(Cl)/C(Cl)=C(\S)C=C. The van der Waals surface area contributed by atoms with Crippen LogP contribution in [0.2, 0.25) is 0 Å². The lowest BCUT2D eigenvalue weighted by Crippen LogP contribution is -1.72. The second kappa shape index (κ2) is 4.70. The van der Waals surface area contributed by atoms with E-state index in [1.807, 2.05) is 0 Å². The van der Waals surface area contributed by atoms with Gasteiger partial charge >= 0.3 is 0 Å². The third kappa shape index (κ3) is 2.68. The molecule has 0 nitrogen and oxygen atoms in total. The summed E-state index contributed by atoms with van der Waals surface area (Å²) in [5.74, 6) is 0. The van der Waals surface area contributed by atoms with Gasteiger partial charge in [0.05, 0.1) is 5.03 Å². The quantitative estimate of drug-likeness (QED) is 0.387. The minimum Gasteiger partial charge on any atom is -0.142 e. The molecule has 0 amide bonds. The predicted octanol–water partition coefficient (Wildman–Crippen LogP) is 3.46. The highest BCUT2D eigenvalue weighted by Crippen LogP contribution is 2.23. The molecule has 0 aliphatic carbocycles. The highest BCUT2D eigenvalue weighted by Gasteiger charge is 1.99. The Kier molecular flexibility index (Phi) is 4.67. The molecule has 0 unspecified atom stereocenters. The number of rotatable bonds is 2. The molecule has 0 saturated heterocycles. The number of thiol groups is 1. The van der Waals surface area contributed by atoms with Crippen LogP contribution < -0.4 is 0 Å². The van der Waals surface area contributed by atoms with Gasteiger partial charge in [0.15, 0.2) is 0 Å². The summed E-state index contributed by atoms with van der Waals surface area (Å²) in [4.78, 5) is 0.516. The number of halogens is 2. The molecule has 54 valence electrons. The Labute approximate surface area is 75.9 Å². The molecule has 0 fully saturated rings. The monoisotopic (exact) mass is 192 g/mol. The van der Waals surface area contributed by atoms with Crippen LogP contribution in [-0.2, 0) is 0 Å². The van der Waals surface area contributed by atoms with Crippen LogP contribution in [0.4, 0.5) is 0 Å². The maximum absolute atomic E-state index is 5.64. The van der Waals surface area contributed by atoms with Crippen LogP contribution in [0.5, 0.6) is 0 Å². The van der Waals surface area contributed by atoms with Crippen LogP contribution in [0, 0.1) is 0 Å². The minimum absolute atomic E-state index is 0.256. The number of allylic oxidation sites excluding steroid dienone is 3. The maximum atomic E-state index is 5.64. The second-order valence-electron chi connectivity index (χ2n) is 1.39. The summed E-state index contributed by atoms with van der Waals surface area (Å²) in [5, 5.41) is 0.571. The molecule has 0 aliphatic heterocycles. The summed E-state index contributed by atoms with van der Waals surface area (Å²) < 4.78 is 0. The molecule has 0 spiro atoms. The van der Waals surface area contributed by atoms with Crippen molar-refractivity contribution in [3.63, 3.8) is 0 Å². The summed E-state index contributed by atoms with van der Waals surface area (Å²) in [6.45, 7) is 6.78. The van der Waals surface area contributed by atoms with E-state index in [-0.39, 0.29) is 5.03 Å². The zero-order chi connectivity index (χ0) is 8.15. The topological polar surface area (TPSA) is 0 Å². The first-order chi connectivity index (χ1) is 4.63. The molecule has 0 aromatic heterocycles. The van der Waals surface area contributed by atoms with E-state index in [0.29, 0.717) is 9.94 Å². The van der Waals surface area contributed by atoms with Gasteiger partial charge < -0.3 is 0 Å². The van der Waals surface area contributed by atoms with Crippen LogP contribution in [0.3, 0.4) is 0 Å². The molecule has 0 N–H and O–H groups in total. The Hall–Kier alpha value is -0.0700.